The van der Waals surface area contributed by atoms with E-state index in [-0.39, 0.29) is 5.91 Å². The SMILES string of the molecule is CN(C)CCN(C)C(=O)c1ccc2nc[nH]c2c1. The van der Waals surface area contributed by atoms with Crippen molar-refractivity contribution in [3.05, 3.63) is 30.1 Å². The molecular weight excluding hydrogens is 228 g/mol. The van der Waals surface area contributed by atoms with Crippen molar-refractivity contribution in [1.82, 2.24) is 19.8 Å². The first kappa shape index (κ1) is 12.6. The van der Waals surface area contributed by atoms with Crippen molar-refractivity contribution < 1.29 is 4.79 Å². The van der Waals surface area contributed by atoms with Crippen LogP contribution in [0, 0.1) is 0 Å². The Labute approximate surface area is 106 Å². The van der Waals surface area contributed by atoms with Crippen LogP contribution in [0.25, 0.3) is 11.0 Å². The molecular formula is C13H18N4O. The number of hydrogen-bond acceptors (Lipinski definition) is 3. The van der Waals surface area contributed by atoms with Crippen molar-refractivity contribution in [2.75, 3.05) is 34.2 Å². The minimum atomic E-state index is 0.0355. The molecule has 1 N–H and O–H groups in total. The number of carbonyl (C=O) groups is 1. The van der Waals surface area contributed by atoms with Crippen molar-refractivity contribution in [2.45, 2.75) is 0 Å². The Morgan fingerprint density at radius 1 is 1.28 bits per heavy atom. The number of aromatic nitrogens is 2. The lowest BCUT2D eigenvalue weighted by Crippen LogP contribution is -2.33. The van der Waals surface area contributed by atoms with Crippen LogP contribution in [0.2, 0.25) is 0 Å². The highest BCUT2D eigenvalue weighted by molar-refractivity contribution is 5.97. The van der Waals surface area contributed by atoms with Crippen LogP contribution >= 0.6 is 0 Å². The standard InChI is InChI=1S/C13H18N4O/c1-16(2)6-7-17(3)13(18)10-4-5-11-12(8-10)15-9-14-11/h4-5,8-9H,6-7H2,1-3H3,(H,14,15). The molecule has 0 radical (unpaired) electrons. The highest BCUT2D eigenvalue weighted by Gasteiger charge is 2.12. The van der Waals surface area contributed by atoms with Gasteiger partial charge in [0.25, 0.3) is 5.91 Å². The molecule has 5 heteroatoms. The minimum Gasteiger partial charge on any atom is -0.345 e. The summed E-state index contributed by atoms with van der Waals surface area (Å²) in [4.78, 5) is 23.1. The number of carbonyl (C=O) groups excluding carboxylic acids is 1. The van der Waals surface area contributed by atoms with Gasteiger partial charge in [0.1, 0.15) is 0 Å². The predicted molar refractivity (Wildman–Crippen MR) is 71.6 cm³/mol. The average Bonchev–Trinajstić information content (AvgIpc) is 2.81. The third-order valence-electron chi connectivity index (χ3n) is 2.90. The Kier molecular flexibility index (Phi) is 3.62. The molecule has 0 saturated heterocycles. The van der Waals surface area contributed by atoms with Crippen LogP contribution in [0.3, 0.4) is 0 Å². The van der Waals surface area contributed by atoms with Gasteiger partial charge in [-0.3, -0.25) is 4.79 Å². The van der Waals surface area contributed by atoms with Crippen molar-refractivity contribution in [1.29, 1.82) is 0 Å². The molecule has 0 saturated carbocycles. The van der Waals surface area contributed by atoms with Crippen molar-refractivity contribution >= 4 is 16.9 Å². The van der Waals surface area contributed by atoms with Gasteiger partial charge in [0.2, 0.25) is 0 Å². The van der Waals surface area contributed by atoms with E-state index < -0.39 is 0 Å². The number of imidazole rings is 1. The van der Waals surface area contributed by atoms with Crippen LogP contribution in [0.4, 0.5) is 0 Å². The molecule has 2 aromatic rings. The lowest BCUT2D eigenvalue weighted by atomic mass is 10.2. The fraction of sp³-hybridized carbons (Fsp3) is 0.385. The fourth-order valence-electron chi connectivity index (χ4n) is 1.74. The molecule has 1 aromatic heterocycles. The minimum absolute atomic E-state index is 0.0355. The molecule has 96 valence electrons. The van der Waals surface area contributed by atoms with E-state index in [0.29, 0.717) is 12.1 Å². The zero-order chi connectivity index (χ0) is 13.1. The maximum Gasteiger partial charge on any atom is 0.253 e. The summed E-state index contributed by atoms with van der Waals surface area (Å²) < 4.78 is 0. The molecule has 0 atom stereocenters. The van der Waals surface area contributed by atoms with Gasteiger partial charge in [0.05, 0.1) is 17.4 Å². The van der Waals surface area contributed by atoms with Crippen LogP contribution in [-0.2, 0) is 0 Å². The molecule has 1 aromatic carbocycles. The second-order valence-electron chi connectivity index (χ2n) is 4.66. The van der Waals surface area contributed by atoms with Gasteiger partial charge in [0.15, 0.2) is 0 Å². The fourth-order valence-corrected chi connectivity index (χ4v) is 1.74. The Morgan fingerprint density at radius 3 is 2.78 bits per heavy atom. The van der Waals surface area contributed by atoms with Crippen LogP contribution in [-0.4, -0.2) is 59.9 Å². The van der Waals surface area contributed by atoms with E-state index in [1.165, 1.54) is 0 Å². The molecule has 0 aliphatic carbocycles. The molecule has 0 bridgehead atoms. The van der Waals surface area contributed by atoms with E-state index >= 15 is 0 Å². The number of nitrogens with one attached hydrogen (secondary N) is 1. The van der Waals surface area contributed by atoms with Crippen LogP contribution in [0.5, 0.6) is 0 Å². The largest absolute Gasteiger partial charge is 0.345 e. The highest BCUT2D eigenvalue weighted by atomic mass is 16.2. The van der Waals surface area contributed by atoms with E-state index in [1.807, 2.05) is 39.3 Å². The van der Waals surface area contributed by atoms with Gasteiger partial charge in [0, 0.05) is 25.7 Å². The van der Waals surface area contributed by atoms with Crippen molar-refractivity contribution in [2.24, 2.45) is 0 Å². The summed E-state index contributed by atoms with van der Waals surface area (Å²) in [7, 11) is 5.81. The third kappa shape index (κ3) is 2.68. The quantitative estimate of drug-likeness (QED) is 0.882. The number of hydrogen-bond donors (Lipinski definition) is 1. The van der Waals surface area contributed by atoms with Crippen LogP contribution < -0.4 is 0 Å². The summed E-state index contributed by atoms with van der Waals surface area (Å²) in [5.41, 5.74) is 2.46. The first-order valence-corrected chi connectivity index (χ1v) is 5.91. The molecule has 1 heterocycles. The number of rotatable bonds is 4. The lowest BCUT2D eigenvalue weighted by Gasteiger charge is -2.19. The first-order chi connectivity index (χ1) is 8.58. The second-order valence-corrected chi connectivity index (χ2v) is 4.66. The van der Waals surface area contributed by atoms with Gasteiger partial charge in [-0.2, -0.15) is 0 Å². The zero-order valence-electron chi connectivity index (χ0n) is 11.0. The predicted octanol–water partition coefficient (Wildman–Crippen LogP) is 1.20. The van der Waals surface area contributed by atoms with Crippen molar-refractivity contribution in [3.8, 4) is 0 Å². The van der Waals surface area contributed by atoms with Gasteiger partial charge < -0.3 is 14.8 Å². The number of aromatic amines is 1. The summed E-state index contributed by atoms with van der Waals surface area (Å²) >= 11 is 0. The van der Waals surface area contributed by atoms with E-state index in [1.54, 1.807) is 11.2 Å². The van der Waals surface area contributed by atoms with Gasteiger partial charge in [-0.05, 0) is 32.3 Å². The van der Waals surface area contributed by atoms with Gasteiger partial charge in [-0.1, -0.05) is 0 Å². The van der Waals surface area contributed by atoms with Crippen LogP contribution in [0.1, 0.15) is 10.4 Å². The first-order valence-electron chi connectivity index (χ1n) is 5.91. The Bertz CT molecular complexity index is 547. The smallest absolute Gasteiger partial charge is 0.253 e. The van der Waals surface area contributed by atoms with Gasteiger partial charge >= 0.3 is 0 Å². The van der Waals surface area contributed by atoms with E-state index in [2.05, 4.69) is 14.9 Å². The molecule has 0 fully saturated rings. The Hall–Kier alpha value is -1.88. The van der Waals surface area contributed by atoms with Crippen molar-refractivity contribution in [3.63, 3.8) is 0 Å². The second kappa shape index (κ2) is 5.18. The summed E-state index contributed by atoms with van der Waals surface area (Å²) in [5.74, 6) is 0.0355. The molecule has 0 unspecified atom stereocenters. The number of H-pyrrole nitrogens is 1. The molecule has 18 heavy (non-hydrogen) atoms. The topological polar surface area (TPSA) is 52.2 Å². The van der Waals surface area contributed by atoms with Crippen LogP contribution in [0.15, 0.2) is 24.5 Å². The summed E-state index contributed by atoms with van der Waals surface area (Å²) in [5, 5.41) is 0. The number of fused-ring (bicyclic) bond motifs is 1. The Morgan fingerprint density at radius 2 is 2.06 bits per heavy atom. The van der Waals surface area contributed by atoms with E-state index in [4.69, 9.17) is 0 Å². The number of amides is 1. The monoisotopic (exact) mass is 246 g/mol. The Balaban J connectivity index is 2.12. The molecule has 5 nitrogen and oxygen atoms in total. The lowest BCUT2D eigenvalue weighted by molar-refractivity contribution is 0.0786. The molecule has 0 aliphatic heterocycles. The maximum atomic E-state index is 12.2. The summed E-state index contributed by atoms with van der Waals surface area (Å²) in [6, 6.07) is 5.52. The highest BCUT2D eigenvalue weighted by Crippen LogP contribution is 2.12. The number of benzene rings is 1. The summed E-state index contributed by atoms with van der Waals surface area (Å²) in [6.45, 7) is 1.57. The normalized spacial score (nSPS) is 11.1. The van der Waals surface area contributed by atoms with E-state index in [9.17, 15) is 4.79 Å². The third-order valence-corrected chi connectivity index (χ3v) is 2.90. The molecule has 1 amide bonds. The number of likely N-dealkylation sites (N-methyl/N-ethyl adjacent to an activating group) is 2. The summed E-state index contributed by atoms with van der Waals surface area (Å²) in [6.07, 6.45) is 1.63. The maximum absolute atomic E-state index is 12.2. The zero-order valence-corrected chi connectivity index (χ0v) is 11.0. The molecule has 0 aliphatic rings. The van der Waals surface area contributed by atoms with Gasteiger partial charge in [-0.15, -0.1) is 0 Å². The molecule has 2 rings (SSSR count). The van der Waals surface area contributed by atoms with E-state index in [0.717, 1.165) is 17.6 Å². The van der Waals surface area contributed by atoms with Gasteiger partial charge in [-0.25, -0.2) is 4.98 Å². The number of nitrogens with zero attached hydrogens (tertiary/aromatic N) is 3. The molecule has 0 spiro atoms. The average molecular weight is 246 g/mol.